The molecule has 2 heteroatoms. The maximum Gasteiger partial charge on any atom is 0.0754 e. The van der Waals surface area contributed by atoms with Crippen molar-refractivity contribution < 1.29 is 0 Å². The Bertz CT molecular complexity index is 3700. The monoisotopic (exact) mass is 810 g/mol. The van der Waals surface area contributed by atoms with Gasteiger partial charge in [0, 0.05) is 27.8 Å². The van der Waals surface area contributed by atoms with Crippen LogP contribution >= 0.6 is 0 Å². The van der Waals surface area contributed by atoms with Crippen LogP contribution in [0.15, 0.2) is 231 Å². The van der Waals surface area contributed by atoms with Crippen molar-refractivity contribution in [1.82, 2.24) is 4.57 Å². The lowest BCUT2D eigenvalue weighted by Crippen LogP contribution is -2.33. The Morgan fingerprint density at radius 2 is 0.719 bits per heavy atom. The molecule has 0 unspecified atom stereocenters. The van der Waals surface area contributed by atoms with Crippen molar-refractivity contribution in [3.05, 3.63) is 275 Å². The fourth-order valence-electron chi connectivity index (χ4n) is 12.9. The summed E-state index contributed by atoms with van der Waals surface area (Å²) in [6, 6.07) is 86.9. The van der Waals surface area contributed by atoms with E-state index in [2.05, 4.69) is 240 Å². The van der Waals surface area contributed by atoms with E-state index in [1.165, 1.54) is 105 Å². The van der Waals surface area contributed by atoms with E-state index in [1.54, 1.807) is 0 Å². The van der Waals surface area contributed by atoms with Gasteiger partial charge in [-0.25, -0.2) is 0 Å². The van der Waals surface area contributed by atoms with Gasteiger partial charge in [0.2, 0.25) is 0 Å². The molecule has 64 heavy (non-hydrogen) atoms. The Balaban J connectivity index is 1.03. The van der Waals surface area contributed by atoms with E-state index in [9.17, 15) is 0 Å². The SMILES string of the molecule is c1ccc(N(c2ccc3c(c2)-n2c4ccccc4c4cccc(c42)C32c3ccccc3-c3ccccc32)c2ccc3c(c2)C2(c4ccccc4-c4ccccc42)c2ccccc2-3)cc1. The molecular formula is C62H38N2. The third-order valence-electron chi connectivity index (χ3n) is 15.2. The number of hydrogen-bond acceptors (Lipinski definition) is 1. The van der Waals surface area contributed by atoms with Crippen LogP contribution in [0.2, 0.25) is 0 Å². The van der Waals surface area contributed by atoms with Gasteiger partial charge in [-0.15, -0.1) is 0 Å². The molecule has 296 valence electrons. The molecule has 10 aromatic carbocycles. The van der Waals surface area contributed by atoms with Crippen LogP contribution in [0.1, 0.15) is 44.5 Å². The number of para-hydroxylation sites is 3. The molecule has 1 aliphatic heterocycles. The zero-order chi connectivity index (χ0) is 41.7. The van der Waals surface area contributed by atoms with Crippen molar-refractivity contribution in [2.75, 3.05) is 4.90 Å². The molecule has 0 saturated carbocycles. The predicted molar refractivity (Wildman–Crippen MR) is 263 cm³/mol. The third-order valence-corrected chi connectivity index (χ3v) is 15.2. The van der Waals surface area contributed by atoms with Gasteiger partial charge < -0.3 is 9.47 Å². The summed E-state index contributed by atoms with van der Waals surface area (Å²) in [6.45, 7) is 0. The van der Waals surface area contributed by atoms with Gasteiger partial charge in [-0.1, -0.05) is 188 Å². The van der Waals surface area contributed by atoms with E-state index in [4.69, 9.17) is 0 Å². The Hall–Kier alpha value is -8.20. The maximum atomic E-state index is 2.57. The minimum Gasteiger partial charge on any atom is -0.310 e. The van der Waals surface area contributed by atoms with Gasteiger partial charge in [0.15, 0.2) is 0 Å². The lowest BCUT2D eigenvalue weighted by Gasteiger charge is -2.40. The van der Waals surface area contributed by atoms with Gasteiger partial charge >= 0.3 is 0 Å². The average molecular weight is 811 g/mol. The first kappa shape index (κ1) is 34.4. The zero-order valence-electron chi connectivity index (χ0n) is 34.8. The molecule has 2 spiro atoms. The van der Waals surface area contributed by atoms with Gasteiger partial charge in [-0.3, -0.25) is 0 Å². The fourth-order valence-corrected chi connectivity index (χ4v) is 12.9. The molecule has 0 amide bonds. The maximum absolute atomic E-state index is 2.57. The number of nitrogens with zero attached hydrogens (tertiary/aromatic N) is 2. The lowest BCUT2D eigenvalue weighted by atomic mass is 9.65. The largest absolute Gasteiger partial charge is 0.310 e. The van der Waals surface area contributed by atoms with Gasteiger partial charge in [0.1, 0.15) is 0 Å². The van der Waals surface area contributed by atoms with Crippen LogP contribution in [0.5, 0.6) is 0 Å². The normalized spacial score (nSPS) is 14.5. The van der Waals surface area contributed by atoms with Crippen LogP contribution < -0.4 is 4.90 Å². The summed E-state index contributed by atoms with van der Waals surface area (Å²) in [4.78, 5) is 2.48. The Morgan fingerprint density at radius 3 is 1.31 bits per heavy atom. The number of rotatable bonds is 3. The van der Waals surface area contributed by atoms with Gasteiger partial charge in [0.05, 0.1) is 27.6 Å². The molecule has 0 bridgehead atoms. The molecule has 2 heterocycles. The van der Waals surface area contributed by atoms with Crippen LogP contribution in [-0.2, 0) is 10.8 Å². The minimum atomic E-state index is -0.502. The molecular weight excluding hydrogens is 773 g/mol. The highest BCUT2D eigenvalue weighted by atomic mass is 15.1. The number of anilines is 3. The zero-order valence-corrected chi connectivity index (χ0v) is 34.8. The molecule has 0 radical (unpaired) electrons. The molecule has 0 fully saturated rings. The van der Waals surface area contributed by atoms with E-state index in [-0.39, 0.29) is 0 Å². The predicted octanol–water partition coefficient (Wildman–Crippen LogP) is 15.3. The molecule has 2 nitrogen and oxygen atoms in total. The van der Waals surface area contributed by atoms with Crippen LogP contribution in [0.25, 0.3) is 60.9 Å². The van der Waals surface area contributed by atoms with Crippen molar-refractivity contribution in [2.24, 2.45) is 0 Å². The first-order chi connectivity index (χ1) is 31.8. The summed E-state index contributed by atoms with van der Waals surface area (Å²) < 4.78 is 2.57. The van der Waals surface area contributed by atoms with Crippen LogP contribution in [-0.4, -0.2) is 4.57 Å². The van der Waals surface area contributed by atoms with Crippen molar-refractivity contribution >= 4 is 38.9 Å². The smallest absolute Gasteiger partial charge is 0.0754 e. The van der Waals surface area contributed by atoms with E-state index >= 15 is 0 Å². The molecule has 4 aliphatic rings. The first-order valence-electron chi connectivity index (χ1n) is 22.4. The van der Waals surface area contributed by atoms with Crippen LogP contribution in [0.4, 0.5) is 17.1 Å². The van der Waals surface area contributed by atoms with E-state index in [0.29, 0.717) is 0 Å². The summed E-state index contributed by atoms with van der Waals surface area (Å²) >= 11 is 0. The van der Waals surface area contributed by atoms with Crippen LogP contribution in [0, 0.1) is 0 Å². The topological polar surface area (TPSA) is 8.17 Å². The Kier molecular flexibility index (Phi) is 6.58. The highest BCUT2D eigenvalue weighted by molar-refractivity contribution is 6.13. The van der Waals surface area contributed by atoms with Crippen molar-refractivity contribution in [2.45, 2.75) is 10.8 Å². The lowest BCUT2D eigenvalue weighted by molar-refractivity contribution is 0.748. The van der Waals surface area contributed by atoms with Crippen LogP contribution in [0.3, 0.4) is 0 Å². The van der Waals surface area contributed by atoms with E-state index < -0.39 is 10.8 Å². The summed E-state index contributed by atoms with van der Waals surface area (Å²) in [5, 5.41) is 2.55. The summed E-state index contributed by atoms with van der Waals surface area (Å²) in [5.74, 6) is 0. The van der Waals surface area contributed by atoms with Gasteiger partial charge in [-0.2, -0.15) is 0 Å². The quantitative estimate of drug-likeness (QED) is 0.173. The van der Waals surface area contributed by atoms with Crippen molar-refractivity contribution in [1.29, 1.82) is 0 Å². The number of hydrogen-bond donors (Lipinski definition) is 0. The van der Waals surface area contributed by atoms with Gasteiger partial charge in [-0.05, 0) is 120 Å². The Labute approximate surface area is 371 Å². The molecule has 15 rings (SSSR count). The second kappa shape index (κ2) is 12.2. The fraction of sp³-hybridized carbons (Fsp3) is 0.0323. The second-order valence-corrected chi connectivity index (χ2v) is 17.9. The standard InChI is InChI=1S/C62H38N2/c1-2-17-39(18-3-1)63(40-33-35-47-46-23-8-12-28-52(46)61(57(47)37-40)50-26-10-4-19-42(50)43-20-5-11-27-51(43)61)41-34-36-55-59(38-41)64-58-32-15-9-24-48(58)49-25-16-31-56(60(49)64)62(55)53-29-13-6-21-44(53)45-22-7-14-30-54(45)62/h1-38H. The van der Waals surface area contributed by atoms with E-state index in [0.717, 1.165) is 17.1 Å². The minimum absolute atomic E-state index is 0.442. The average Bonchev–Trinajstić information content (AvgIpc) is 4.06. The van der Waals surface area contributed by atoms with Crippen molar-refractivity contribution in [3.63, 3.8) is 0 Å². The molecule has 0 atom stereocenters. The van der Waals surface area contributed by atoms with Gasteiger partial charge in [0.25, 0.3) is 0 Å². The molecule has 11 aromatic rings. The summed E-state index contributed by atoms with van der Waals surface area (Å²) in [5.41, 5.74) is 24.7. The first-order valence-corrected chi connectivity index (χ1v) is 22.4. The van der Waals surface area contributed by atoms with Crippen molar-refractivity contribution in [3.8, 4) is 39.1 Å². The molecule has 0 saturated heterocycles. The third kappa shape index (κ3) is 3.99. The molecule has 0 N–H and O–H groups in total. The van der Waals surface area contributed by atoms with E-state index in [1.807, 2.05) is 0 Å². The summed E-state index contributed by atoms with van der Waals surface area (Å²) in [7, 11) is 0. The molecule has 3 aliphatic carbocycles. The number of fused-ring (bicyclic) bond motifs is 22. The Morgan fingerprint density at radius 1 is 0.281 bits per heavy atom. The second-order valence-electron chi connectivity index (χ2n) is 17.9. The summed E-state index contributed by atoms with van der Waals surface area (Å²) in [6.07, 6.45) is 0. The highest BCUT2D eigenvalue weighted by Gasteiger charge is 2.53. The molecule has 1 aromatic heterocycles. The number of aromatic nitrogens is 1. The highest BCUT2D eigenvalue weighted by Crippen LogP contribution is 2.64. The number of benzene rings is 10.